The Morgan fingerprint density at radius 3 is 2.64 bits per heavy atom. The van der Waals surface area contributed by atoms with Crippen molar-refractivity contribution in [3.05, 3.63) is 46.6 Å². The Morgan fingerprint density at radius 2 is 1.93 bits per heavy atom. The predicted molar refractivity (Wildman–Crippen MR) is 108 cm³/mol. The summed E-state index contributed by atoms with van der Waals surface area (Å²) >= 11 is 0. The van der Waals surface area contributed by atoms with Gasteiger partial charge < -0.3 is 14.8 Å². The standard InChI is InChI=1S/C19H23N7O2/c1-13-11-15-17(19(28)24(13)2)18(23-22-15)21-16(27)12-25-7-9-26(10-8-25)14-3-5-20-6-4-14/h3-6,11H,7-10,12H2,1-2H3,(H2,21,22,23,27). The molecule has 0 aliphatic carbocycles. The van der Waals surface area contributed by atoms with Gasteiger partial charge in [0.15, 0.2) is 5.82 Å². The van der Waals surface area contributed by atoms with Gasteiger partial charge in [0.05, 0.1) is 12.1 Å². The number of H-pyrrole nitrogens is 1. The Bertz CT molecular complexity index is 1050. The summed E-state index contributed by atoms with van der Waals surface area (Å²) in [7, 11) is 1.71. The van der Waals surface area contributed by atoms with E-state index in [4.69, 9.17) is 0 Å². The molecule has 4 rings (SSSR count). The minimum Gasteiger partial charge on any atom is -0.369 e. The summed E-state index contributed by atoms with van der Waals surface area (Å²) in [6, 6.07) is 5.83. The molecule has 1 amide bonds. The molecule has 0 radical (unpaired) electrons. The number of hydrogen-bond donors (Lipinski definition) is 2. The van der Waals surface area contributed by atoms with Gasteiger partial charge in [-0.1, -0.05) is 0 Å². The van der Waals surface area contributed by atoms with E-state index >= 15 is 0 Å². The van der Waals surface area contributed by atoms with Crippen LogP contribution in [0.2, 0.25) is 0 Å². The lowest BCUT2D eigenvalue weighted by Gasteiger charge is -2.35. The zero-order chi connectivity index (χ0) is 19.7. The van der Waals surface area contributed by atoms with Crippen molar-refractivity contribution in [1.29, 1.82) is 0 Å². The number of nitrogens with zero attached hydrogens (tertiary/aromatic N) is 5. The number of piperazine rings is 1. The van der Waals surface area contributed by atoms with Gasteiger partial charge in [0.2, 0.25) is 5.91 Å². The van der Waals surface area contributed by atoms with Gasteiger partial charge in [-0.15, -0.1) is 0 Å². The van der Waals surface area contributed by atoms with Gasteiger partial charge in [0.1, 0.15) is 5.39 Å². The zero-order valence-electron chi connectivity index (χ0n) is 16.0. The molecular weight excluding hydrogens is 358 g/mol. The Balaban J connectivity index is 1.39. The first-order valence-corrected chi connectivity index (χ1v) is 9.25. The predicted octanol–water partition coefficient (Wildman–Crippen LogP) is 0.726. The number of aryl methyl sites for hydroxylation is 1. The number of nitrogens with one attached hydrogen (secondary N) is 2. The van der Waals surface area contributed by atoms with Crippen molar-refractivity contribution in [2.75, 3.05) is 42.9 Å². The average molecular weight is 381 g/mol. The van der Waals surface area contributed by atoms with Crippen LogP contribution in [0.4, 0.5) is 11.5 Å². The lowest BCUT2D eigenvalue weighted by Crippen LogP contribution is -2.48. The molecule has 3 aromatic heterocycles. The molecule has 9 heteroatoms. The van der Waals surface area contributed by atoms with Crippen LogP contribution in [0.15, 0.2) is 35.4 Å². The quantitative estimate of drug-likeness (QED) is 0.691. The highest BCUT2D eigenvalue weighted by Gasteiger charge is 2.21. The number of hydrogen-bond acceptors (Lipinski definition) is 6. The van der Waals surface area contributed by atoms with Crippen LogP contribution < -0.4 is 15.8 Å². The number of carbonyl (C=O) groups excluding carboxylic acids is 1. The van der Waals surface area contributed by atoms with E-state index < -0.39 is 0 Å². The highest BCUT2D eigenvalue weighted by Crippen LogP contribution is 2.18. The van der Waals surface area contributed by atoms with E-state index in [0.29, 0.717) is 10.9 Å². The Morgan fingerprint density at radius 1 is 1.21 bits per heavy atom. The molecule has 1 aliphatic heterocycles. The van der Waals surface area contributed by atoms with E-state index in [1.165, 1.54) is 0 Å². The van der Waals surface area contributed by atoms with Crippen LogP contribution in [-0.4, -0.2) is 63.3 Å². The first kappa shape index (κ1) is 18.2. The third-order valence-corrected chi connectivity index (χ3v) is 5.22. The van der Waals surface area contributed by atoms with Crippen LogP contribution in [-0.2, 0) is 11.8 Å². The third kappa shape index (κ3) is 3.48. The van der Waals surface area contributed by atoms with Crippen molar-refractivity contribution < 1.29 is 4.79 Å². The summed E-state index contributed by atoms with van der Waals surface area (Å²) in [6.07, 6.45) is 3.57. The number of anilines is 2. The molecule has 1 fully saturated rings. The lowest BCUT2D eigenvalue weighted by molar-refractivity contribution is -0.117. The number of amides is 1. The molecule has 1 aliphatic rings. The minimum absolute atomic E-state index is 0.173. The molecule has 0 aromatic carbocycles. The largest absolute Gasteiger partial charge is 0.369 e. The van der Waals surface area contributed by atoms with E-state index in [9.17, 15) is 9.59 Å². The van der Waals surface area contributed by atoms with E-state index in [1.54, 1.807) is 24.0 Å². The SMILES string of the molecule is Cc1cc2[nH]nc(NC(=O)CN3CCN(c4ccncc4)CC3)c2c(=O)n1C. The van der Waals surface area contributed by atoms with E-state index in [-0.39, 0.29) is 23.8 Å². The molecule has 28 heavy (non-hydrogen) atoms. The fourth-order valence-electron chi connectivity index (χ4n) is 3.49. The van der Waals surface area contributed by atoms with Crippen molar-refractivity contribution in [3.8, 4) is 0 Å². The third-order valence-electron chi connectivity index (χ3n) is 5.22. The van der Waals surface area contributed by atoms with Gasteiger partial charge >= 0.3 is 0 Å². The van der Waals surface area contributed by atoms with Crippen molar-refractivity contribution in [2.24, 2.45) is 7.05 Å². The van der Waals surface area contributed by atoms with Gasteiger partial charge in [-0.3, -0.25) is 24.6 Å². The van der Waals surface area contributed by atoms with Crippen molar-refractivity contribution >= 4 is 28.3 Å². The van der Waals surface area contributed by atoms with E-state index in [2.05, 4.69) is 30.3 Å². The number of rotatable bonds is 4. The lowest BCUT2D eigenvalue weighted by atomic mass is 10.2. The maximum atomic E-state index is 12.5. The second-order valence-electron chi connectivity index (χ2n) is 7.03. The summed E-state index contributed by atoms with van der Waals surface area (Å²) in [4.78, 5) is 33.4. The summed E-state index contributed by atoms with van der Waals surface area (Å²) in [5, 5.41) is 10.1. The highest BCUT2D eigenvalue weighted by atomic mass is 16.2. The zero-order valence-corrected chi connectivity index (χ0v) is 16.0. The number of pyridine rings is 2. The molecule has 0 spiro atoms. The fourth-order valence-corrected chi connectivity index (χ4v) is 3.49. The smallest absolute Gasteiger partial charge is 0.263 e. The van der Waals surface area contributed by atoms with E-state index in [0.717, 1.165) is 37.6 Å². The molecule has 0 saturated carbocycles. The number of carbonyl (C=O) groups is 1. The second kappa shape index (κ2) is 7.43. The molecule has 0 unspecified atom stereocenters. The van der Waals surface area contributed by atoms with Crippen molar-refractivity contribution in [3.63, 3.8) is 0 Å². The van der Waals surface area contributed by atoms with Gasteiger partial charge in [-0.2, -0.15) is 5.10 Å². The van der Waals surface area contributed by atoms with Gasteiger partial charge in [-0.05, 0) is 25.1 Å². The second-order valence-corrected chi connectivity index (χ2v) is 7.03. The molecule has 4 heterocycles. The first-order valence-electron chi connectivity index (χ1n) is 9.25. The molecular formula is C19H23N7O2. The minimum atomic E-state index is -0.176. The molecule has 0 bridgehead atoms. The van der Waals surface area contributed by atoms with Crippen LogP contribution in [0.1, 0.15) is 5.69 Å². The van der Waals surface area contributed by atoms with Gasteiger partial charge in [0, 0.05) is 57.0 Å². The average Bonchev–Trinajstić information content (AvgIpc) is 3.09. The maximum Gasteiger partial charge on any atom is 0.263 e. The summed E-state index contributed by atoms with van der Waals surface area (Å²) in [5.41, 5.74) is 2.42. The molecule has 1 saturated heterocycles. The van der Waals surface area contributed by atoms with Crippen LogP contribution in [0.5, 0.6) is 0 Å². The monoisotopic (exact) mass is 381 g/mol. The number of aromatic amines is 1. The van der Waals surface area contributed by atoms with Crippen molar-refractivity contribution in [1.82, 2.24) is 24.6 Å². The van der Waals surface area contributed by atoms with Crippen LogP contribution >= 0.6 is 0 Å². The number of aromatic nitrogens is 4. The first-order chi connectivity index (χ1) is 13.5. The normalized spacial score (nSPS) is 15.1. The van der Waals surface area contributed by atoms with Crippen LogP contribution in [0.3, 0.4) is 0 Å². The summed E-state index contributed by atoms with van der Waals surface area (Å²) in [6.45, 7) is 5.40. The van der Waals surface area contributed by atoms with Crippen LogP contribution in [0, 0.1) is 6.92 Å². The summed E-state index contributed by atoms with van der Waals surface area (Å²) in [5.74, 6) is 0.115. The molecule has 9 nitrogen and oxygen atoms in total. The molecule has 146 valence electrons. The molecule has 3 aromatic rings. The topological polar surface area (TPSA) is 99.2 Å². The highest BCUT2D eigenvalue weighted by molar-refractivity contribution is 6.00. The van der Waals surface area contributed by atoms with Crippen molar-refractivity contribution in [2.45, 2.75) is 6.92 Å². The Kier molecular flexibility index (Phi) is 4.82. The number of fused-ring (bicyclic) bond motifs is 1. The van der Waals surface area contributed by atoms with Gasteiger partial charge in [-0.25, -0.2) is 0 Å². The van der Waals surface area contributed by atoms with E-state index in [1.807, 2.05) is 25.1 Å². The molecule has 0 atom stereocenters. The maximum absolute atomic E-state index is 12.5. The summed E-state index contributed by atoms with van der Waals surface area (Å²) < 4.78 is 1.55. The Hall–Kier alpha value is -3.20. The molecule has 2 N–H and O–H groups in total. The van der Waals surface area contributed by atoms with Gasteiger partial charge in [0.25, 0.3) is 5.56 Å². The Labute approximate surface area is 162 Å². The van der Waals surface area contributed by atoms with Crippen LogP contribution in [0.25, 0.3) is 10.9 Å². The fraction of sp³-hybridized carbons (Fsp3) is 0.368.